The molecule has 0 saturated carbocycles. The number of hydrogen-bond acceptors (Lipinski definition) is 3. The number of halogens is 1. The normalized spacial score (nSPS) is 9.90. The van der Waals surface area contributed by atoms with Crippen molar-refractivity contribution in [2.45, 2.75) is 0 Å². The summed E-state index contributed by atoms with van der Waals surface area (Å²) >= 11 is 3.35. The van der Waals surface area contributed by atoms with Gasteiger partial charge in [-0.2, -0.15) is 0 Å². The van der Waals surface area contributed by atoms with E-state index in [0.29, 0.717) is 22.8 Å². The van der Waals surface area contributed by atoms with Gasteiger partial charge in [0.25, 0.3) is 0 Å². The molecule has 0 atom stereocenters. The molecule has 104 valence electrons. The number of benzene rings is 2. The zero-order chi connectivity index (χ0) is 14.5. The Labute approximate surface area is 125 Å². The van der Waals surface area contributed by atoms with E-state index in [0.717, 1.165) is 4.47 Å². The minimum Gasteiger partial charge on any atom is -0.497 e. The average molecular weight is 336 g/mol. The lowest BCUT2D eigenvalue weighted by molar-refractivity contribution is 0.262. The Morgan fingerprint density at radius 3 is 2.60 bits per heavy atom. The molecule has 20 heavy (non-hydrogen) atoms. The van der Waals surface area contributed by atoms with Gasteiger partial charge in [0.2, 0.25) is 0 Å². The second-order valence-corrected chi connectivity index (χ2v) is 5.00. The highest BCUT2D eigenvalue weighted by atomic mass is 79.9. The molecule has 0 saturated heterocycles. The van der Waals surface area contributed by atoms with Gasteiger partial charge in [-0.05, 0) is 30.3 Å². The van der Waals surface area contributed by atoms with Gasteiger partial charge in [-0.1, -0.05) is 22.0 Å². The number of nitrogen functional groups attached to an aromatic ring is 1. The number of urea groups is 1. The van der Waals surface area contributed by atoms with Crippen LogP contribution in [0.25, 0.3) is 0 Å². The molecular weight excluding hydrogens is 322 g/mol. The average Bonchev–Trinajstić information content (AvgIpc) is 2.37. The van der Waals surface area contributed by atoms with Gasteiger partial charge in [0.1, 0.15) is 5.75 Å². The van der Waals surface area contributed by atoms with E-state index in [-0.39, 0.29) is 6.03 Å². The molecule has 5 nitrogen and oxygen atoms in total. The highest BCUT2D eigenvalue weighted by Crippen LogP contribution is 2.24. The Balaban J connectivity index is 2.06. The van der Waals surface area contributed by atoms with Crippen LogP contribution < -0.4 is 21.1 Å². The van der Waals surface area contributed by atoms with Crippen molar-refractivity contribution in [1.29, 1.82) is 0 Å². The number of carbonyl (C=O) groups is 1. The first-order chi connectivity index (χ1) is 9.56. The largest absolute Gasteiger partial charge is 0.497 e. The van der Waals surface area contributed by atoms with Gasteiger partial charge in [0.15, 0.2) is 0 Å². The van der Waals surface area contributed by atoms with Gasteiger partial charge in [-0.25, -0.2) is 4.79 Å². The van der Waals surface area contributed by atoms with Crippen LogP contribution in [-0.4, -0.2) is 13.1 Å². The molecule has 0 aliphatic rings. The van der Waals surface area contributed by atoms with Crippen molar-refractivity contribution in [3.63, 3.8) is 0 Å². The maximum absolute atomic E-state index is 11.9. The van der Waals surface area contributed by atoms with Crippen LogP contribution in [0.4, 0.5) is 21.9 Å². The van der Waals surface area contributed by atoms with E-state index < -0.39 is 0 Å². The molecule has 0 aliphatic carbocycles. The van der Waals surface area contributed by atoms with Crippen molar-refractivity contribution < 1.29 is 9.53 Å². The third-order valence-corrected chi connectivity index (χ3v) is 2.97. The van der Waals surface area contributed by atoms with Crippen LogP contribution in [0.2, 0.25) is 0 Å². The maximum atomic E-state index is 11.9. The summed E-state index contributed by atoms with van der Waals surface area (Å²) in [6.45, 7) is 0. The topological polar surface area (TPSA) is 76.4 Å². The van der Waals surface area contributed by atoms with Crippen LogP contribution in [-0.2, 0) is 0 Å². The van der Waals surface area contributed by atoms with Crippen molar-refractivity contribution in [3.05, 3.63) is 46.9 Å². The Bertz CT molecular complexity index is 632. The molecule has 2 amide bonds. The van der Waals surface area contributed by atoms with E-state index in [1.165, 1.54) is 0 Å². The molecule has 2 aromatic carbocycles. The summed E-state index contributed by atoms with van der Waals surface area (Å²) in [7, 11) is 1.57. The zero-order valence-corrected chi connectivity index (χ0v) is 12.4. The lowest BCUT2D eigenvalue weighted by atomic mass is 10.3. The van der Waals surface area contributed by atoms with Gasteiger partial charge in [-0.15, -0.1) is 0 Å². The molecule has 2 aromatic rings. The van der Waals surface area contributed by atoms with Crippen molar-refractivity contribution in [3.8, 4) is 5.75 Å². The number of rotatable bonds is 3. The highest BCUT2D eigenvalue weighted by molar-refractivity contribution is 9.10. The lowest BCUT2D eigenvalue weighted by Crippen LogP contribution is -2.19. The fourth-order valence-corrected chi connectivity index (χ4v) is 2.13. The minimum absolute atomic E-state index is 0.351. The summed E-state index contributed by atoms with van der Waals surface area (Å²) in [5, 5.41) is 5.43. The first-order valence-electron chi connectivity index (χ1n) is 5.85. The van der Waals surface area contributed by atoms with Gasteiger partial charge >= 0.3 is 6.03 Å². The third-order valence-electron chi connectivity index (χ3n) is 2.51. The van der Waals surface area contributed by atoms with Gasteiger partial charge in [-0.3, -0.25) is 0 Å². The molecule has 0 heterocycles. The minimum atomic E-state index is -0.351. The summed E-state index contributed by atoms with van der Waals surface area (Å²) in [5.74, 6) is 0.652. The third kappa shape index (κ3) is 3.89. The van der Waals surface area contributed by atoms with Crippen molar-refractivity contribution >= 4 is 39.0 Å². The number of carbonyl (C=O) groups excluding carboxylic acids is 1. The van der Waals surface area contributed by atoms with Crippen LogP contribution in [0.15, 0.2) is 46.9 Å². The second kappa shape index (κ2) is 6.29. The van der Waals surface area contributed by atoms with E-state index in [1.807, 2.05) is 0 Å². The summed E-state index contributed by atoms with van der Waals surface area (Å²) in [6.07, 6.45) is 0. The zero-order valence-electron chi connectivity index (χ0n) is 10.8. The van der Waals surface area contributed by atoms with Crippen LogP contribution in [0, 0.1) is 0 Å². The smallest absolute Gasteiger partial charge is 0.323 e. The monoisotopic (exact) mass is 335 g/mol. The van der Waals surface area contributed by atoms with Gasteiger partial charge in [0.05, 0.1) is 7.11 Å². The number of anilines is 3. The SMILES string of the molecule is COc1cc(Br)cc(NC(=O)Nc2cccc(N)c2)c1. The number of ether oxygens (including phenoxy) is 1. The molecule has 0 aliphatic heterocycles. The van der Waals surface area contributed by atoms with E-state index in [2.05, 4.69) is 26.6 Å². The van der Waals surface area contributed by atoms with E-state index in [4.69, 9.17) is 10.5 Å². The summed E-state index contributed by atoms with van der Waals surface area (Å²) in [6, 6.07) is 11.9. The number of nitrogens with one attached hydrogen (secondary N) is 2. The summed E-state index contributed by atoms with van der Waals surface area (Å²) in [5.41, 5.74) is 7.49. The fraction of sp³-hybridized carbons (Fsp3) is 0.0714. The quantitative estimate of drug-likeness (QED) is 0.748. The molecule has 0 aromatic heterocycles. The lowest BCUT2D eigenvalue weighted by Gasteiger charge is -2.10. The van der Waals surface area contributed by atoms with Crippen molar-refractivity contribution in [2.24, 2.45) is 0 Å². The molecule has 0 spiro atoms. The van der Waals surface area contributed by atoms with E-state index in [1.54, 1.807) is 49.6 Å². The Morgan fingerprint density at radius 1 is 1.15 bits per heavy atom. The van der Waals surface area contributed by atoms with Gasteiger partial charge < -0.3 is 21.1 Å². The molecule has 0 unspecified atom stereocenters. The Morgan fingerprint density at radius 2 is 1.90 bits per heavy atom. The number of hydrogen-bond donors (Lipinski definition) is 3. The predicted octanol–water partition coefficient (Wildman–Crippen LogP) is 3.68. The highest BCUT2D eigenvalue weighted by Gasteiger charge is 2.05. The fourth-order valence-electron chi connectivity index (χ4n) is 1.66. The molecule has 0 bridgehead atoms. The first kappa shape index (κ1) is 14.2. The van der Waals surface area contributed by atoms with Crippen molar-refractivity contribution in [2.75, 3.05) is 23.5 Å². The Kier molecular flexibility index (Phi) is 4.47. The van der Waals surface area contributed by atoms with Crippen LogP contribution in [0.5, 0.6) is 5.75 Å². The number of methoxy groups -OCH3 is 1. The summed E-state index contributed by atoms with van der Waals surface area (Å²) in [4.78, 5) is 11.9. The molecule has 0 radical (unpaired) electrons. The second-order valence-electron chi connectivity index (χ2n) is 4.08. The molecule has 0 fully saturated rings. The van der Waals surface area contributed by atoms with Crippen molar-refractivity contribution in [1.82, 2.24) is 0 Å². The number of amides is 2. The molecule has 6 heteroatoms. The number of nitrogens with two attached hydrogens (primary N) is 1. The van der Waals surface area contributed by atoms with E-state index in [9.17, 15) is 4.79 Å². The van der Waals surface area contributed by atoms with Crippen LogP contribution in [0.1, 0.15) is 0 Å². The maximum Gasteiger partial charge on any atom is 0.323 e. The molecular formula is C14H14BrN3O2. The van der Waals surface area contributed by atoms with Crippen LogP contribution >= 0.6 is 15.9 Å². The standard InChI is InChI=1S/C14H14BrN3O2/c1-20-13-6-9(15)5-12(8-13)18-14(19)17-11-4-2-3-10(16)7-11/h2-8H,16H2,1H3,(H2,17,18,19). The predicted molar refractivity (Wildman–Crippen MR) is 84.2 cm³/mol. The first-order valence-corrected chi connectivity index (χ1v) is 6.64. The Hall–Kier alpha value is -2.21. The van der Waals surface area contributed by atoms with Gasteiger partial charge in [0, 0.05) is 27.6 Å². The molecule has 4 N–H and O–H groups in total. The van der Waals surface area contributed by atoms with Crippen LogP contribution in [0.3, 0.4) is 0 Å². The van der Waals surface area contributed by atoms with E-state index >= 15 is 0 Å². The summed E-state index contributed by atoms with van der Waals surface area (Å²) < 4.78 is 5.95. The molecule has 2 rings (SSSR count).